The summed E-state index contributed by atoms with van der Waals surface area (Å²) < 4.78 is 4.75. The third-order valence-electron chi connectivity index (χ3n) is 4.08. The van der Waals surface area contributed by atoms with Gasteiger partial charge in [-0.05, 0) is 48.8 Å². The van der Waals surface area contributed by atoms with Gasteiger partial charge in [-0.2, -0.15) is 0 Å². The lowest BCUT2D eigenvalue weighted by molar-refractivity contribution is -0.141. The van der Waals surface area contributed by atoms with Crippen LogP contribution in [0.2, 0.25) is 0 Å². The molecule has 4 nitrogen and oxygen atoms in total. The van der Waals surface area contributed by atoms with Crippen LogP contribution in [0.3, 0.4) is 0 Å². The highest BCUT2D eigenvalue weighted by Crippen LogP contribution is 2.23. The number of aliphatic hydroxyl groups excluding tert-OH is 1. The van der Waals surface area contributed by atoms with Crippen LogP contribution in [0.1, 0.15) is 36.0 Å². The van der Waals surface area contributed by atoms with Crippen molar-refractivity contribution in [1.82, 2.24) is 5.32 Å². The average Bonchev–Trinajstić information content (AvgIpc) is 2.52. The fraction of sp³-hybridized carbons (Fsp3) is 0.588. The van der Waals surface area contributed by atoms with Crippen molar-refractivity contribution in [2.45, 2.75) is 44.6 Å². The highest BCUT2D eigenvalue weighted by atomic mass is 16.5. The minimum Gasteiger partial charge on any atom is -0.469 e. The summed E-state index contributed by atoms with van der Waals surface area (Å²) in [5, 5.41) is 12.2. The van der Waals surface area contributed by atoms with Crippen molar-refractivity contribution < 1.29 is 14.6 Å². The van der Waals surface area contributed by atoms with Crippen LogP contribution in [-0.2, 0) is 28.8 Å². The van der Waals surface area contributed by atoms with Gasteiger partial charge in [0.2, 0.25) is 0 Å². The molecular weight excluding hydrogens is 266 g/mol. The fourth-order valence-electron chi connectivity index (χ4n) is 2.97. The standard InChI is InChI=1S/C17H25NO3/c1-21-17(20)12-16(18-8-9-19)11-13-6-7-14-4-2-3-5-15(14)10-13/h6-7,10,16,18-19H,2-5,8-9,11-12H2,1H3. The van der Waals surface area contributed by atoms with Gasteiger partial charge in [-0.25, -0.2) is 0 Å². The summed E-state index contributed by atoms with van der Waals surface area (Å²) in [4.78, 5) is 11.5. The topological polar surface area (TPSA) is 58.6 Å². The number of aliphatic hydroxyl groups is 1. The van der Waals surface area contributed by atoms with E-state index in [4.69, 9.17) is 9.84 Å². The summed E-state index contributed by atoms with van der Waals surface area (Å²) >= 11 is 0. The molecule has 0 fully saturated rings. The van der Waals surface area contributed by atoms with Crippen molar-refractivity contribution in [3.05, 3.63) is 34.9 Å². The highest BCUT2D eigenvalue weighted by Gasteiger charge is 2.16. The monoisotopic (exact) mass is 291 g/mol. The van der Waals surface area contributed by atoms with Gasteiger partial charge < -0.3 is 15.2 Å². The zero-order valence-corrected chi connectivity index (χ0v) is 12.7. The maximum absolute atomic E-state index is 11.5. The lowest BCUT2D eigenvalue weighted by atomic mass is 9.89. The van der Waals surface area contributed by atoms with Crippen LogP contribution in [0.25, 0.3) is 0 Å². The number of rotatable bonds is 7. The van der Waals surface area contributed by atoms with E-state index in [0.717, 1.165) is 12.8 Å². The maximum Gasteiger partial charge on any atom is 0.307 e. The second-order valence-corrected chi connectivity index (χ2v) is 5.67. The Morgan fingerprint density at radius 1 is 1.33 bits per heavy atom. The number of fused-ring (bicyclic) bond motifs is 1. The molecule has 0 saturated heterocycles. The molecule has 1 aromatic carbocycles. The molecule has 1 aromatic rings. The molecule has 1 aliphatic rings. The predicted molar refractivity (Wildman–Crippen MR) is 82.3 cm³/mol. The van der Waals surface area contributed by atoms with Gasteiger partial charge in [-0.3, -0.25) is 4.79 Å². The van der Waals surface area contributed by atoms with Gasteiger partial charge in [0, 0.05) is 12.6 Å². The zero-order chi connectivity index (χ0) is 15.1. The summed E-state index contributed by atoms with van der Waals surface area (Å²) in [5.74, 6) is -0.219. The second kappa shape index (κ2) is 8.15. The fourth-order valence-corrected chi connectivity index (χ4v) is 2.97. The van der Waals surface area contributed by atoms with Gasteiger partial charge in [-0.15, -0.1) is 0 Å². The third-order valence-corrected chi connectivity index (χ3v) is 4.08. The number of methoxy groups -OCH3 is 1. The first-order valence-electron chi connectivity index (χ1n) is 7.74. The lowest BCUT2D eigenvalue weighted by Gasteiger charge is -2.20. The van der Waals surface area contributed by atoms with Crippen molar-refractivity contribution in [1.29, 1.82) is 0 Å². The summed E-state index contributed by atoms with van der Waals surface area (Å²) in [6.45, 7) is 0.564. The van der Waals surface area contributed by atoms with Crippen LogP contribution in [-0.4, -0.2) is 37.4 Å². The number of benzene rings is 1. The second-order valence-electron chi connectivity index (χ2n) is 5.67. The van der Waals surface area contributed by atoms with E-state index in [1.165, 1.54) is 43.1 Å². The van der Waals surface area contributed by atoms with Gasteiger partial charge in [0.15, 0.2) is 0 Å². The maximum atomic E-state index is 11.5. The summed E-state index contributed by atoms with van der Waals surface area (Å²) in [6.07, 6.45) is 6.01. The van der Waals surface area contributed by atoms with Crippen molar-refractivity contribution in [2.24, 2.45) is 0 Å². The molecule has 0 aliphatic heterocycles. The minimum absolute atomic E-state index is 0.00578. The van der Waals surface area contributed by atoms with Crippen LogP contribution in [0, 0.1) is 0 Å². The summed E-state index contributed by atoms with van der Waals surface area (Å²) in [5.41, 5.74) is 4.17. The van der Waals surface area contributed by atoms with Crippen molar-refractivity contribution in [3.8, 4) is 0 Å². The Labute approximate surface area is 126 Å². The Bertz CT molecular complexity index is 473. The summed E-state index contributed by atoms with van der Waals surface area (Å²) in [6, 6.07) is 6.67. The number of aryl methyl sites for hydroxylation is 2. The highest BCUT2D eigenvalue weighted by molar-refractivity contribution is 5.70. The van der Waals surface area contributed by atoms with E-state index in [-0.39, 0.29) is 18.6 Å². The smallest absolute Gasteiger partial charge is 0.307 e. The first kappa shape index (κ1) is 16.0. The molecule has 2 rings (SSSR count). The summed E-state index contributed by atoms with van der Waals surface area (Å²) in [7, 11) is 1.41. The van der Waals surface area contributed by atoms with Crippen LogP contribution in [0.4, 0.5) is 0 Å². The number of carbonyl (C=O) groups excluding carboxylic acids is 1. The molecule has 0 amide bonds. The van der Waals surface area contributed by atoms with Crippen molar-refractivity contribution >= 4 is 5.97 Å². The molecule has 1 atom stereocenters. The van der Waals surface area contributed by atoms with Crippen LogP contribution in [0.5, 0.6) is 0 Å². The molecule has 21 heavy (non-hydrogen) atoms. The molecule has 0 aromatic heterocycles. The molecule has 0 bridgehead atoms. The molecule has 1 unspecified atom stereocenters. The Kier molecular flexibility index (Phi) is 6.21. The van der Waals surface area contributed by atoms with Gasteiger partial charge >= 0.3 is 5.97 Å². The normalized spacial score (nSPS) is 15.3. The Morgan fingerprint density at radius 3 is 2.81 bits per heavy atom. The predicted octanol–water partition coefficient (Wildman–Crippen LogP) is 1.62. The first-order chi connectivity index (χ1) is 10.2. The molecule has 2 N–H and O–H groups in total. The number of ether oxygens (including phenoxy) is 1. The molecule has 0 saturated carbocycles. The lowest BCUT2D eigenvalue weighted by Crippen LogP contribution is -2.35. The Balaban J connectivity index is 2.02. The van der Waals surface area contributed by atoms with E-state index in [1.54, 1.807) is 0 Å². The Morgan fingerprint density at radius 2 is 2.10 bits per heavy atom. The number of esters is 1. The van der Waals surface area contributed by atoms with Gasteiger partial charge in [0.05, 0.1) is 20.1 Å². The zero-order valence-electron chi connectivity index (χ0n) is 12.7. The van der Waals surface area contributed by atoms with E-state index in [0.29, 0.717) is 13.0 Å². The van der Waals surface area contributed by atoms with Gasteiger partial charge in [0.1, 0.15) is 0 Å². The van der Waals surface area contributed by atoms with E-state index in [2.05, 4.69) is 23.5 Å². The van der Waals surface area contributed by atoms with Crippen molar-refractivity contribution in [2.75, 3.05) is 20.3 Å². The molecule has 116 valence electrons. The largest absolute Gasteiger partial charge is 0.469 e. The molecule has 1 aliphatic carbocycles. The number of carbonyl (C=O) groups is 1. The van der Waals surface area contributed by atoms with Gasteiger partial charge in [0.25, 0.3) is 0 Å². The van der Waals surface area contributed by atoms with E-state index in [9.17, 15) is 4.79 Å². The quantitative estimate of drug-likeness (QED) is 0.750. The first-order valence-corrected chi connectivity index (χ1v) is 7.74. The van der Waals surface area contributed by atoms with E-state index < -0.39 is 0 Å². The third kappa shape index (κ3) is 4.83. The van der Waals surface area contributed by atoms with Gasteiger partial charge in [-0.1, -0.05) is 18.2 Å². The van der Waals surface area contributed by atoms with Crippen molar-refractivity contribution in [3.63, 3.8) is 0 Å². The molecular formula is C17H25NO3. The molecule has 0 radical (unpaired) electrons. The number of hydrogen-bond donors (Lipinski definition) is 2. The van der Waals surface area contributed by atoms with Crippen LogP contribution in [0.15, 0.2) is 18.2 Å². The van der Waals surface area contributed by atoms with E-state index >= 15 is 0 Å². The van der Waals surface area contributed by atoms with Crippen LogP contribution >= 0.6 is 0 Å². The average molecular weight is 291 g/mol. The minimum atomic E-state index is -0.219. The Hall–Kier alpha value is -1.39. The van der Waals surface area contributed by atoms with Crippen LogP contribution < -0.4 is 5.32 Å². The number of nitrogens with one attached hydrogen (secondary N) is 1. The van der Waals surface area contributed by atoms with E-state index in [1.807, 2.05) is 0 Å². The molecule has 4 heteroatoms. The molecule has 0 heterocycles. The molecule has 0 spiro atoms. The SMILES string of the molecule is COC(=O)CC(Cc1ccc2c(c1)CCCC2)NCCO. The number of hydrogen-bond acceptors (Lipinski definition) is 4.